The molecule has 9 N–H and O–H groups in total. The first-order valence-corrected chi connectivity index (χ1v) is 20.6. The molecule has 18 heteroatoms. The number of rotatable bonds is 27. The highest BCUT2D eigenvalue weighted by Crippen LogP contribution is 2.13. The van der Waals surface area contributed by atoms with Crippen LogP contribution in [0.25, 0.3) is 0 Å². The summed E-state index contributed by atoms with van der Waals surface area (Å²) in [6, 6.07) is -4.16. The van der Waals surface area contributed by atoms with Crippen molar-refractivity contribution in [2.45, 2.75) is 182 Å². The number of hydrogen-bond donors (Lipinski definition) is 8. The molecule has 6 atom stereocenters. The Bertz CT molecular complexity index is 1300. The maximum Gasteiger partial charge on any atom is 0.407 e. The van der Waals surface area contributed by atoms with Crippen molar-refractivity contribution in [3.63, 3.8) is 0 Å². The molecule has 0 aromatic rings. The number of amides is 6. The van der Waals surface area contributed by atoms with Gasteiger partial charge in [-0.05, 0) is 79.6 Å². The van der Waals surface area contributed by atoms with Gasteiger partial charge in [0.2, 0.25) is 17.7 Å². The van der Waals surface area contributed by atoms with Crippen LogP contribution in [0, 0.1) is 11.8 Å². The van der Waals surface area contributed by atoms with Gasteiger partial charge in [0, 0.05) is 19.6 Å². The Kier molecular flexibility index (Phi) is 25.5. The largest absolute Gasteiger partial charge is 0.480 e. The highest BCUT2D eigenvalue weighted by atomic mass is 16.6. The van der Waals surface area contributed by atoms with Crippen LogP contribution in [0.4, 0.5) is 9.59 Å². The average Bonchev–Trinajstić information content (AvgIpc) is 3.09. The molecule has 0 saturated carbocycles. The molecular weight excluding hydrogens is 754 g/mol. The van der Waals surface area contributed by atoms with Gasteiger partial charge in [0.15, 0.2) is 6.17 Å². The number of carbonyl (C=O) groups excluding carboxylic acids is 6. The molecular formula is C40H75N7O11. The molecule has 0 aliphatic carbocycles. The van der Waals surface area contributed by atoms with Gasteiger partial charge in [-0.2, -0.15) is 0 Å². The van der Waals surface area contributed by atoms with Crippen LogP contribution in [0.15, 0.2) is 0 Å². The zero-order valence-corrected chi connectivity index (χ0v) is 36.8. The van der Waals surface area contributed by atoms with Crippen molar-refractivity contribution in [3.8, 4) is 0 Å². The minimum Gasteiger partial charge on any atom is -0.480 e. The highest BCUT2D eigenvalue weighted by Gasteiger charge is 2.35. The van der Waals surface area contributed by atoms with Gasteiger partial charge in [0.1, 0.15) is 29.3 Å². The number of carboxylic acids is 1. The van der Waals surface area contributed by atoms with Crippen LogP contribution < -0.4 is 37.6 Å². The van der Waals surface area contributed by atoms with E-state index in [1.807, 2.05) is 13.8 Å². The monoisotopic (exact) mass is 830 g/mol. The first-order chi connectivity index (χ1) is 26.9. The molecule has 336 valence electrons. The van der Waals surface area contributed by atoms with Gasteiger partial charge in [0.25, 0.3) is 5.91 Å². The van der Waals surface area contributed by atoms with E-state index < -0.39 is 89.3 Å². The molecule has 0 fully saturated rings. The Morgan fingerprint density at radius 2 is 1.19 bits per heavy atom. The Morgan fingerprint density at radius 1 is 0.655 bits per heavy atom. The summed E-state index contributed by atoms with van der Waals surface area (Å²) in [5, 5.41) is 24.9. The fraction of sp³-hybridized carbons (Fsp3) is 0.825. The normalized spacial score (nSPS) is 14.8. The number of ether oxygens (including phenoxy) is 3. The van der Waals surface area contributed by atoms with E-state index in [0.29, 0.717) is 19.3 Å². The Hall–Kier alpha value is -4.19. The van der Waals surface area contributed by atoms with Crippen molar-refractivity contribution in [2.75, 3.05) is 19.7 Å². The summed E-state index contributed by atoms with van der Waals surface area (Å²) < 4.78 is 16.3. The minimum absolute atomic E-state index is 0.0506. The van der Waals surface area contributed by atoms with Crippen LogP contribution in [0.3, 0.4) is 0 Å². The molecule has 0 aromatic heterocycles. The van der Waals surface area contributed by atoms with E-state index in [2.05, 4.69) is 38.8 Å². The molecule has 0 spiro atoms. The van der Waals surface area contributed by atoms with Gasteiger partial charge in [-0.25, -0.2) is 14.4 Å². The zero-order chi connectivity index (χ0) is 44.6. The quantitative estimate of drug-likeness (QED) is 0.0436. The lowest BCUT2D eigenvalue weighted by molar-refractivity contribution is -0.144. The Labute approximate surface area is 345 Å². The summed E-state index contributed by atoms with van der Waals surface area (Å²) in [7, 11) is 0. The molecule has 0 aliphatic rings. The van der Waals surface area contributed by atoms with Gasteiger partial charge in [-0.15, -0.1) is 0 Å². The summed E-state index contributed by atoms with van der Waals surface area (Å²) in [6.45, 7) is 19.3. The predicted octanol–water partition coefficient (Wildman–Crippen LogP) is 3.59. The maximum atomic E-state index is 13.8. The average molecular weight is 830 g/mol. The number of nitrogens with two attached hydrogens (primary N) is 1. The molecule has 6 amide bonds. The summed E-state index contributed by atoms with van der Waals surface area (Å²) in [4.78, 5) is 90.1. The maximum absolute atomic E-state index is 13.8. The molecule has 0 aromatic carbocycles. The summed E-state index contributed by atoms with van der Waals surface area (Å²) in [5.74, 6) is -5.07. The van der Waals surface area contributed by atoms with Gasteiger partial charge >= 0.3 is 18.2 Å². The first-order valence-electron chi connectivity index (χ1n) is 20.6. The molecule has 18 nitrogen and oxygen atoms in total. The highest BCUT2D eigenvalue weighted by molar-refractivity contribution is 5.95. The number of hydrogen-bond acceptors (Lipinski definition) is 11. The van der Waals surface area contributed by atoms with Gasteiger partial charge in [0.05, 0.1) is 12.6 Å². The lowest BCUT2D eigenvalue weighted by Gasteiger charge is -2.29. The van der Waals surface area contributed by atoms with Crippen molar-refractivity contribution >= 4 is 41.8 Å². The topological polar surface area (TPSA) is 266 Å². The summed E-state index contributed by atoms with van der Waals surface area (Å²) >= 11 is 0. The van der Waals surface area contributed by atoms with Crippen molar-refractivity contribution in [3.05, 3.63) is 0 Å². The standard InChI is InChI=1S/C40H75N7O11/c1-12-13-14-15-16-17-18-21-29(48)44-28(23-43-38(55)58-40(9,10)11)33(49)46-31(27(5)56-24-25(2)3)34(50)47-32(41)35(51)45-30(36(52)53)26(4)20-19-22-42-37(54)57-39(6,7)8/h25-28,30-32H,12-24,41H2,1-11H3,(H,42,54)(H,43,55)(H,44,48)(H,45,51)(H,46,49)(H,47,50)(H,52,53)/t26-,27+,28-,30-,31-,32+/m0/s1. The van der Waals surface area contributed by atoms with E-state index in [1.54, 1.807) is 48.5 Å². The fourth-order valence-electron chi connectivity index (χ4n) is 5.40. The predicted molar refractivity (Wildman–Crippen MR) is 219 cm³/mol. The number of carboxylic acid groups (broad SMARTS) is 1. The lowest BCUT2D eigenvalue weighted by atomic mass is 9.96. The third-order valence-electron chi connectivity index (χ3n) is 8.47. The van der Waals surface area contributed by atoms with Crippen LogP contribution >= 0.6 is 0 Å². The van der Waals surface area contributed by atoms with Crippen molar-refractivity contribution in [1.82, 2.24) is 31.9 Å². The SMILES string of the molecule is CCCCCCCCCC(=O)N[C@@H](CNC(=O)OC(C)(C)C)C(=O)N[C@H](C(=O)N[C@@H](N)C(=O)N[C@H](C(=O)O)[C@@H](C)CCCNC(=O)OC(C)(C)C)[C@@H](C)OCC(C)C. The van der Waals surface area contributed by atoms with E-state index in [0.717, 1.165) is 38.5 Å². The van der Waals surface area contributed by atoms with Crippen LogP contribution in [-0.4, -0.2) is 108 Å². The molecule has 0 aliphatic heterocycles. The van der Waals surface area contributed by atoms with Crippen LogP contribution in [0.5, 0.6) is 0 Å². The first kappa shape index (κ1) is 53.8. The van der Waals surface area contributed by atoms with E-state index in [1.165, 1.54) is 6.92 Å². The van der Waals surface area contributed by atoms with E-state index in [-0.39, 0.29) is 32.0 Å². The fourth-order valence-corrected chi connectivity index (χ4v) is 5.40. The second-order valence-corrected chi connectivity index (χ2v) is 17.2. The summed E-state index contributed by atoms with van der Waals surface area (Å²) in [6.07, 6.45) is 3.59. The molecule has 0 unspecified atom stereocenters. The van der Waals surface area contributed by atoms with Gasteiger partial charge in [-0.3, -0.25) is 19.2 Å². The second-order valence-electron chi connectivity index (χ2n) is 17.2. The summed E-state index contributed by atoms with van der Waals surface area (Å²) in [5.41, 5.74) is 4.53. The number of aliphatic carboxylic acids is 1. The van der Waals surface area contributed by atoms with E-state index in [9.17, 15) is 38.7 Å². The molecule has 0 bridgehead atoms. The molecule has 0 saturated heterocycles. The Morgan fingerprint density at radius 3 is 1.72 bits per heavy atom. The lowest BCUT2D eigenvalue weighted by Crippen LogP contribution is -2.63. The molecule has 0 heterocycles. The van der Waals surface area contributed by atoms with Crippen LogP contribution in [0.2, 0.25) is 0 Å². The van der Waals surface area contributed by atoms with E-state index >= 15 is 0 Å². The van der Waals surface area contributed by atoms with Crippen molar-refractivity contribution in [1.29, 1.82) is 0 Å². The van der Waals surface area contributed by atoms with E-state index in [4.69, 9.17) is 19.9 Å². The van der Waals surface area contributed by atoms with Crippen molar-refractivity contribution < 1.29 is 52.9 Å². The van der Waals surface area contributed by atoms with Crippen LogP contribution in [-0.2, 0) is 38.2 Å². The number of nitrogens with one attached hydrogen (secondary N) is 6. The number of unbranched alkanes of at least 4 members (excludes halogenated alkanes) is 6. The molecule has 0 radical (unpaired) electrons. The Balaban J connectivity index is 5.86. The minimum atomic E-state index is -1.74. The number of carbonyl (C=O) groups is 7. The number of alkyl carbamates (subject to hydrolysis) is 2. The zero-order valence-electron chi connectivity index (χ0n) is 36.8. The van der Waals surface area contributed by atoms with Crippen LogP contribution in [0.1, 0.15) is 140 Å². The third-order valence-corrected chi connectivity index (χ3v) is 8.47. The smallest absolute Gasteiger partial charge is 0.407 e. The van der Waals surface area contributed by atoms with Gasteiger partial charge in [-0.1, -0.05) is 66.2 Å². The second kappa shape index (κ2) is 27.5. The molecule has 0 rings (SSSR count). The molecule has 58 heavy (non-hydrogen) atoms. The third kappa shape index (κ3) is 25.9. The van der Waals surface area contributed by atoms with Crippen molar-refractivity contribution in [2.24, 2.45) is 17.6 Å². The van der Waals surface area contributed by atoms with Gasteiger partial charge < -0.3 is 57.0 Å².